The minimum atomic E-state index is 0.692. The highest BCUT2D eigenvalue weighted by Crippen LogP contribution is 2.19. The zero-order valence-corrected chi connectivity index (χ0v) is 8.04. The SMILES string of the molecule is Cc1nnc2c(Br)cc(N)cn12. The number of anilines is 1. The van der Waals surface area contributed by atoms with Gasteiger partial charge in [0.15, 0.2) is 5.65 Å². The molecule has 0 unspecified atom stereocenters. The standard InChI is InChI=1S/C7H7BrN4/c1-4-10-11-7-6(8)2-5(9)3-12(4)7/h2-3H,9H2,1H3. The predicted molar refractivity (Wildman–Crippen MR) is 49.8 cm³/mol. The van der Waals surface area contributed by atoms with Crippen molar-refractivity contribution >= 4 is 27.3 Å². The summed E-state index contributed by atoms with van der Waals surface area (Å²) in [5.41, 5.74) is 7.13. The second-order valence-electron chi connectivity index (χ2n) is 2.56. The molecule has 0 aliphatic rings. The summed E-state index contributed by atoms with van der Waals surface area (Å²) in [6.07, 6.45) is 1.80. The lowest BCUT2D eigenvalue weighted by Gasteiger charge is -1.98. The molecule has 2 aromatic rings. The van der Waals surface area contributed by atoms with Gasteiger partial charge in [0.25, 0.3) is 0 Å². The van der Waals surface area contributed by atoms with Crippen LogP contribution in [0, 0.1) is 6.92 Å². The summed E-state index contributed by atoms with van der Waals surface area (Å²) < 4.78 is 2.71. The summed E-state index contributed by atoms with van der Waals surface area (Å²) in [4.78, 5) is 0. The van der Waals surface area contributed by atoms with Crippen LogP contribution in [0.1, 0.15) is 5.82 Å². The highest BCUT2D eigenvalue weighted by molar-refractivity contribution is 9.10. The molecule has 12 heavy (non-hydrogen) atoms. The number of nitrogens with two attached hydrogens (primary N) is 1. The lowest BCUT2D eigenvalue weighted by atomic mass is 10.4. The summed E-state index contributed by atoms with van der Waals surface area (Å²) in [5.74, 6) is 0.831. The highest BCUT2D eigenvalue weighted by Gasteiger charge is 2.04. The van der Waals surface area contributed by atoms with Crippen molar-refractivity contribution in [2.75, 3.05) is 5.73 Å². The maximum atomic E-state index is 5.65. The average Bonchev–Trinajstić information content (AvgIpc) is 2.33. The van der Waals surface area contributed by atoms with Crippen LogP contribution < -0.4 is 5.73 Å². The zero-order valence-electron chi connectivity index (χ0n) is 6.45. The number of hydrogen-bond donors (Lipinski definition) is 1. The summed E-state index contributed by atoms with van der Waals surface area (Å²) in [7, 11) is 0. The van der Waals surface area contributed by atoms with Gasteiger partial charge in [0.1, 0.15) is 5.82 Å². The highest BCUT2D eigenvalue weighted by atomic mass is 79.9. The van der Waals surface area contributed by atoms with E-state index in [-0.39, 0.29) is 0 Å². The van der Waals surface area contributed by atoms with E-state index in [1.807, 2.05) is 17.4 Å². The van der Waals surface area contributed by atoms with Crippen LogP contribution in [0.5, 0.6) is 0 Å². The Morgan fingerprint density at radius 1 is 1.50 bits per heavy atom. The first-order chi connectivity index (χ1) is 5.68. The number of fused-ring (bicyclic) bond motifs is 1. The molecule has 0 saturated heterocycles. The van der Waals surface area contributed by atoms with Gasteiger partial charge in [0, 0.05) is 11.9 Å². The minimum Gasteiger partial charge on any atom is -0.397 e. The fraction of sp³-hybridized carbons (Fsp3) is 0.143. The molecular weight excluding hydrogens is 220 g/mol. The molecule has 2 N–H and O–H groups in total. The van der Waals surface area contributed by atoms with E-state index >= 15 is 0 Å². The number of hydrogen-bond acceptors (Lipinski definition) is 3. The molecule has 0 aromatic carbocycles. The van der Waals surface area contributed by atoms with Crippen molar-refractivity contribution < 1.29 is 0 Å². The van der Waals surface area contributed by atoms with Gasteiger partial charge < -0.3 is 5.73 Å². The van der Waals surface area contributed by atoms with E-state index in [9.17, 15) is 0 Å². The molecule has 2 aromatic heterocycles. The molecule has 62 valence electrons. The topological polar surface area (TPSA) is 56.2 Å². The first-order valence-corrected chi connectivity index (χ1v) is 4.24. The van der Waals surface area contributed by atoms with Gasteiger partial charge in [-0.2, -0.15) is 0 Å². The largest absolute Gasteiger partial charge is 0.397 e. The quantitative estimate of drug-likeness (QED) is 0.739. The molecule has 4 nitrogen and oxygen atoms in total. The van der Waals surface area contributed by atoms with Gasteiger partial charge in [-0.25, -0.2) is 0 Å². The Balaban J connectivity index is 2.92. The Morgan fingerprint density at radius 2 is 2.25 bits per heavy atom. The molecule has 0 saturated carbocycles. The van der Waals surface area contributed by atoms with Gasteiger partial charge in [0.05, 0.1) is 4.47 Å². The Hall–Kier alpha value is -1.10. The van der Waals surface area contributed by atoms with Crippen LogP contribution in [0.4, 0.5) is 5.69 Å². The summed E-state index contributed by atoms with van der Waals surface area (Å²) >= 11 is 3.36. The number of nitrogens with zero attached hydrogens (tertiary/aromatic N) is 3. The van der Waals surface area contributed by atoms with Crippen molar-refractivity contribution in [1.82, 2.24) is 14.6 Å². The first kappa shape index (κ1) is 7.54. The van der Waals surface area contributed by atoms with E-state index in [4.69, 9.17) is 5.73 Å². The third-order valence-corrected chi connectivity index (χ3v) is 2.24. The van der Waals surface area contributed by atoms with Crippen LogP contribution in [-0.4, -0.2) is 14.6 Å². The molecule has 0 aliphatic carbocycles. The number of halogens is 1. The summed E-state index contributed by atoms with van der Waals surface area (Å²) in [6, 6.07) is 1.81. The average molecular weight is 227 g/mol. The Bertz CT molecular complexity index is 434. The van der Waals surface area contributed by atoms with Crippen LogP contribution in [0.2, 0.25) is 0 Å². The van der Waals surface area contributed by atoms with Gasteiger partial charge in [-0.1, -0.05) is 0 Å². The minimum absolute atomic E-state index is 0.692. The van der Waals surface area contributed by atoms with Gasteiger partial charge in [-0.15, -0.1) is 10.2 Å². The molecule has 0 bridgehead atoms. The van der Waals surface area contributed by atoms with Crippen molar-refractivity contribution in [2.24, 2.45) is 0 Å². The molecular formula is C7H7BrN4. The molecule has 0 spiro atoms. The fourth-order valence-electron chi connectivity index (χ4n) is 1.08. The maximum Gasteiger partial charge on any atom is 0.175 e. The van der Waals surface area contributed by atoms with Gasteiger partial charge in [-0.3, -0.25) is 4.40 Å². The van der Waals surface area contributed by atoms with E-state index in [1.165, 1.54) is 0 Å². The van der Waals surface area contributed by atoms with E-state index in [0.717, 1.165) is 15.9 Å². The van der Waals surface area contributed by atoms with Crippen molar-refractivity contribution in [3.8, 4) is 0 Å². The Kier molecular flexibility index (Phi) is 1.54. The van der Waals surface area contributed by atoms with Crippen molar-refractivity contribution in [3.63, 3.8) is 0 Å². The number of rotatable bonds is 0. The molecule has 2 heterocycles. The second-order valence-corrected chi connectivity index (χ2v) is 3.42. The smallest absolute Gasteiger partial charge is 0.175 e. The van der Waals surface area contributed by atoms with E-state index in [0.29, 0.717) is 5.69 Å². The second kappa shape index (κ2) is 2.45. The third kappa shape index (κ3) is 0.972. The van der Waals surface area contributed by atoms with Gasteiger partial charge in [0.2, 0.25) is 0 Å². The zero-order chi connectivity index (χ0) is 8.72. The molecule has 0 amide bonds. The van der Waals surface area contributed by atoms with E-state index in [2.05, 4.69) is 26.1 Å². The molecule has 2 rings (SSSR count). The van der Waals surface area contributed by atoms with Crippen LogP contribution in [0.25, 0.3) is 5.65 Å². The maximum absolute atomic E-state index is 5.65. The van der Waals surface area contributed by atoms with Crippen LogP contribution in [-0.2, 0) is 0 Å². The Morgan fingerprint density at radius 3 is 3.00 bits per heavy atom. The molecule has 0 atom stereocenters. The summed E-state index contributed by atoms with van der Waals surface area (Å²) in [5, 5.41) is 7.89. The third-order valence-electron chi connectivity index (χ3n) is 1.65. The monoisotopic (exact) mass is 226 g/mol. The number of aromatic nitrogens is 3. The van der Waals surface area contributed by atoms with E-state index in [1.54, 1.807) is 6.20 Å². The Labute approximate surface area is 77.5 Å². The van der Waals surface area contributed by atoms with Crippen LogP contribution in [0.15, 0.2) is 16.7 Å². The van der Waals surface area contributed by atoms with Crippen LogP contribution >= 0.6 is 15.9 Å². The number of pyridine rings is 1. The van der Waals surface area contributed by atoms with E-state index < -0.39 is 0 Å². The van der Waals surface area contributed by atoms with Gasteiger partial charge >= 0.3 is 0 Å². The van der Waals surface area contributed by atoms with Crippen molar-refractivity contribution in [1.29, 1.82) is 0 Å². The van der Waals surface area contributed by atoms with Crippen LogP contribution in [0.3, 0.4) is 0 Å². The fourth-order valence-corrected chi connectivity index (χ4v) is 1.62. The number of aryl methyl sites for hydroxylation is 1. The lowest BCUT2D eigenvalue weighted by molar-refractivity contribution is 1.01. The van der Waals surface area contributed by atoms with Crippen molar-refractivity contribution in [3.05, 3.63) is 22.6 Å². The number of nitrogen functional groups attached to an aromatic ring is 1. The summed E-state index contributed by atoms with van der Waals surface area (Å²) in [6.45, 7) is 1.88. The molecule has 0 aliphatic heterocycles. The normalized spacial score (nSPS) is 10.8. The lowest BCUT2D eigenvalue weighted by Crippen LogP contribution is -1.93. The molecule has 5 heteroatoms. The van der Waals surface area contributed by atoms with Crippen molar-refractivity contribution in [2.45, 2.75) is 6.92 Å². The molecule has 0 fully saturated rings. The van der Waals surface area contributed by atoms with Gasteiger partial charge in [-0.05, 0) is 28.9 Å². The molecule has 0 radical (unpaired) electrons. The predicted octanol–water partition coefficient (Wildman–Crippen LogP) is 1.38. The first-order valence-electron chi connectivity index (χ1n) is 3.45.